The Hall–Kier alpha value is -4.67. The standard InChI is InChI=1S/C24H17F3N6O2/c1-35-22-15-17(31-12-3-10-28-31)6-7-19(22)32-13-9-21(34)23(30-32)20-8-11-29-33(20)18-5-2-4-16(14-18)24(25,26)27/h2-15H,1H3. The van der Waals surface area contributed by atoms with E-state index in [1.165, 1.54) is 53.1 Å². The van der Waals surface area contributed by atoms with Crippen LogP contribution in [0.25, 0.3) is 28.5 Å². The van der Waals surface area contributed by atoms with Gasteiger partial charge in [0.05, 0.1) is 35.9 Å². The second-order valence-corrected chi connectivity index (χ2v) is 7.46. The highest BCUT2D eigenvalue weighted by Crippen LogP contribution is 2.31. The Bertz CT molecular complexity index is 1550. The summed E-state index contributed by atoms with van der Waals surface area (Å²) in [6.45, 7) is 0. The first-order chi connectivity index (χ1) is 16.8. The second-order valence-electron chi connectivity index (χ2n) is 7.46. The second kappa shape index (κ2) is 8.60. The highest BCUT2D eigenvalue weighted by atomic mass is 19.4. The average molecular weight is 478 g/mol. The maximum Gasteiger partial charge on any atom is 0.416 e. The Morgan fingerprint density at radius 2 is 1.71 bits per heavy atom. The first-order valence-electron chi connectivity index (χ1n) is 10.4. The van der Waals surface area contributed by atoms with Crippen molar-refractivity contribution in [1.82, 2.24) is 29.3 Å². The van der Waals surface area contributed by atoms with Gasteiger partial charge in [0.1, 0.15) is 11.4 Å². The number of hydrogen-bond acceptors (Lipinski definition) is 5. The van der Waals surface area contributed by atoms with Gasteiger partial charge in [0.15, 0.2) is 5.69 Å². The molecule has 0 saturated carbocycles. The van der Waals surface area contributed by atoms with Crippen LogP contribution < -0.4 is 10.2 Å². The molecule has 5 aromatic rings. The van der Waals surface area contributed by atoms with Gasteiger partial charge in [-0.25, -0.2) is 14.0 Å². The fourth-order valence-electron chi connectivity index (χ4n) is 3.64. The molecule has 0 spiro atoms. The number of nitrogens with zero attached hydrogens (tertiary/aromatic N) is 6. The summed E-state index contributed by atoms with van der Waals surface area (Å²) in [7, 11) is 1.51. The molecule has 0 unspecified atom stereocenters. The number of rotatable bonds is 5. The summed E-state index contributed by atoms with van der Waals surface area (Å²) in [5, 5.41) is 12.8. The summed E-state index contributed by atoms with van der Waals surface area (Å²) >= 11 is 0. The molecule has 35 heavy (non-hydrogen) atoms. The molecular weight excluding hydrogens is 461 g/mol. The topological polar surface area (TPSA) is 79.8 Å². The fourth-order valence-corrected chi connectivity index (χ4v) is 3.64. The van der Waals surface area contributed by atoms with Gasteiger partial charge in [-0.3, -0.25) is 4.79 Å². The molecule has 0 amide bonds. The van der Waals surface area contributed by atoms with Crippen molar-refractivity contribution >= 4 is 0 Å². The van der Waals surface area contributed by atoms with Gasteiger partial charge < -0.3 is 4.74 Å². The Balaban J connectivity index is 1.59. The number of halogens is 3. The third-order valence-corrected chi connectivity index (χ3v) is 5.29. The van der Waals surface area contributed by atoms with Gasteiger partial charge in [-0.2, -0.15) is 28.5 Å². The van der Waals surface area contributed by atoms with E-state index < -0.39 is 17.2 Å². The molecule has 0 aliphatic carbocycles. The summed E-state index contributed by atoms with van der Waals surface area (Å²) in [4.78, 5) is 12.7. The minimum Gasteiger partial charge on any atom is -0.494 e. The van der Waals surface area contributed by atoms with E-state index in [4.69, 9.17) is 4.74 Å². The van der Waals surface area contributed by atoms with Crippen molar-refractivity contribution in [2.24, 2.45) is 0 Å². The van der Waals surface area contributed by atoms with Crippen LogP contribution in [0.1, 0.15) is 5.56 Å². The number of methoxy groups -OCH3 is 1. The summed E-state index contributed by atoms with van der Waals surface area (Å²) < 4.78 is 49.6. The van der Waals surface area contributed by atoms with E-state index in [1.54, 1.807) is 35.3 Å². The number of alkyl halides is 3. The molecule has 0 bridgehead atoms. The van der Waals surface area contributed by atoms with E-state index in [0.717, 1.165) is 17.8 Å². The Labute approximate surface area is 196 Å². The third-order valence-electron chi connectivity index (χ3n) is 5.29. The van der Waals surface area contributed by atoms with Gasteiger partial charge in [0.25, 0.3) is 0 Å². The molecule has 176 valence electrons. The van der Waals surface area contributed by atoms with Crippen molar-refractivity contribution in [3.05, 3.63) is 101 Å². The summed E-state index contributed by atoms with van der Waals surface area (Å²) in [5.41, 5.74) is 0.488. The lowest BCUT2D eigenvalue weighted by molar-refractivity contribution is -0.137. The molecule has 0 radical (unpaired) electrons. The number of aromatic nitrogens is 6. The lowest BCUT2D eigenvalue weighted by atomic mass is 10.2. The summed E-state index contributed by atoms with van der Waals surface area (Å²) in [5.74, 6) is 0.478. The third kappa shape index (κ3) is 4.19. The highest BCUT2D eigenvalue weighted by molar-refractivity contribution is 5.59. The fraction of sp³-hybridized carbons (Fsp3) is 0.0833. The van der Waals surface area contributed by atoms with Crippen LogP contribution in [-0.4, -0.2) is 36.5 Å². The average Bonchev–Trinajstić information content (AvgIpc) is 3.56. The van der Waals surface area contributed by atoms with Gasteiger partial charge in [-0.1, -0.05) is 6.07 Å². The summed E-state index contributed by atoms with van der Waals surface area (Å²) in [6.07, 6.45) is 1.82. The van der Waals surface area contributed by atoms with Crippen LogP contribution in [0, 0.1) is 0 Å². The Morgan fingerprint density at radius 3 is 2.46 bits per heavy atom. The Morgan fingerprint density at radius 1 is 0.857 bits per heavy atom. The lowest BCUT2D eigenvalue weighted by Crippen LogP contribution is -2.15. The number of ether oxygens (including phenoxy) is 1. The van der Waals surface area contributed by atoms with E-state index >= 15 is 0 Å². The molecular formula is C24H17F3N6O2. The van der Waals surface area contributed by atoms with Crippen molar-refractivity contribution in [3.63, 3.8) is 0 Å². The van der Waals surface area contributed by atoms with Crippen LogP contribution >= 0.6 is 0 Å². The van der Waals surface area contributed by atoms with Crippen LogP contribution in [0.5, 0.6) is 5.75 Å². The molecule has 8 nitrogen and oxygen atoms in total. The minimum absolute atomic E-state index is 0.0145. The van der Waals surface area contributed by atoms with Crippen molar-refractivity contribution in [2.45, 2.75) is 6.18 Å². The van der Waals surface area contributed by atoms with E-state index in [1.807, 2.05) is 6.07 Å². The van der Waals surface area contributed by atoms with E-state index in [-0.39, 0.29) is 17.1 Å². The summed E-state index contributed by atoms with van der Waals surface area (Å²) in [6, 6.07) is 14.7. The van der Waals surface area contributed by atoms with Gasteiger partial charge in [0.2, 0.25) is 5.43 Å². The van der Waals surface area contributed by atoms with Crippen LogP contribution in [0.3, 0.4) is 0 Å². The molecule has 2 aromatic carbocycles. The SMILES string of the molecule is COc1cc(-n2cccn2)ccc1-n1ccc(=O)c(-c2ccnn2-c2cccc(C(F)(F)F)c2)n1. The number of hydrogen-bond donors (Lipinski definition) is 0. The van der Waals surface area contributed by atoms with Crippen LogP contribution in [0.15, 0.2) is 90.2 Å². The quantitative estimate of drug-likeness (QED) is 0.376. The van der Waals surface area contributed by atoms with Gasteiger partial charge in [-0.05, 0) is 42.5 Å². The monoisotopic (exact) mass is 478 g/mol. The van der Waals surface area contributed by atoms with Crippen molar-refractivity contribution in [2.75, 3.05) is 7.11 Å². The van der Waals surface area contributed by atoms with Gasteiger partial charge in [0, 0.05) is 30.7 Å². The molecule has 0 aliphatic heterocycles. The predicted molar refractivity (Wildman–Crippen MR) is 121 cm³/mol. The normalized spacial score (nSPS) is 11.5. The molecule has 0 aliphatic rings. The lowest BCUT2D eigenvalue weighted by Gasteiger charge is -2.14. The smallest absolute Gasteiger partial charge is 0.416 e. The van der Waals surface area contributed by atoms with Crippen LogP contribution in [0.2, 0.25) is 0 Å². The zero-order chi connectivity index (χ0) is 24.6. The number of benzene rings is 2. The molecule has 0 atom stereocenters. The molecule has 3 aromatic heterocycles. The minimum atomic E-state index is -4.51. The van der Waals surface area contributed by atoms with Gasteiger partial charge in [-0.15, -0.1) is 0 Å². The van der Waals surface area contributed by atoms with Crippen molar-refractivity contribution in [3.8, 4) is 34.2 Å². The van der Waals surface area contributed by atoms with E-state index in [2.05, 4.69) is 15.3 Å². The predicted octanol–water partition coefficient (Wildman–Crippen LogP) is 4.30. The molecule has 3 heterocycles. The van der Waals surface area contributed by atoms with Crippen molar-refractivity contribution < 1.29 is 17.9 Å². The Kier molecular flexibility index (Phi) is 5.44. The molecule has 0 fully saturated rings. The molecule has 0 N–H and O–H groups in total. The molecule has 11 heteroatoms. The maximum absolute atomic E-state index is 13.2. The van der Waals surface area contributed by atoms with Gasteiger partial charge >= 0.3 is 6.18 Å². The first kappa shape index (κ1) is 22.1. The van der Waals surface area contributed by atoms with Crippen LogP contribution in [0.4, 0.5) is 13.2 Å². The highest BCUT2D eigenvalue weighted by Gasteiger charge is 2.30. The largest absolute Gasteiger partial charge is 0.494 e. The van der Waals surface area contributed by atoms with E-state index in [9.17, 15) is 18.0 Å². The molecule has 0 saturated heterocycles. The first-order valence-corrected chi connectivity index (χ1v) is 10.4. The van der Waals surface area contributed by atoms with Crippen molar-refractivity contribution in [1.29, 1.82) is 0 Å². The van der Waals surface area contributed by atoms with Crippen LogP contribution in [-0.2, 0) is 6.18 Å². The zero-order valence-corrected chi connectivity index (χ0v) is 18.2. The maximum atomic E-state index is 13.2. The van der Waals surface area contributed by atoms with E-state index in [0.29, 0.717) is 11.4 Å². The zero-order valence-electron chi connectivity index (χ0n) is 18.2. The molecule has 5 rings (SSSR count).